The molecule has 1 aromatic rings. The Bertz CT molecular complexity index is 2090. The van der Waals surface area contributed by atoms with Crippen molar-refractivity contribution in [2.24, 2.45) is 23.7 Å². The quantitative estimate of drug-likeness (QED) is 0.0631. The lowest BCUT2D eigenvalue weighted by Gasteiger charge is -2.53. The van der Waals surface area contributed by atoms with E-state index >= 15 is 0 Å². The maximum Gasteiger partial charge on any atom is 0.303 e. The maximum atomic E-state index is 13.9. The molecule has 0 aromatic carbocycles. The predicted molar refractivity (Wildman–Crippen MR) is 261 cm³/mol. The molecule has 0 radical (unpaired) electrons. The predicted octanol–water partition coefficient (Wildman–Crippen LogP) is 5.14. The van der Waals surface area contributed by atoms with Crippen LogP contribution >= 0.6 is 0 Å². The summed E-state index contributed by atoms with van der Waals surface area (Å²) in [7, 11) is 0. The smallest absolute Gasteiger partial charge is 0.303 e. The van der Waals surface area contributed by atoms with E-state index in [1.54, 1.807) is 22.7 Å². The van der Waals surface area contributed by atoms with Gasteiger partial charge in [-0.1, -0.05) is 72.3 Å². The summed E-state index contributed by atoms with van der Waals surface area (Å²) in [6, 6.07) is -1.33. The zero-order chi connectivity index (χ0) is 54.7. The maximum absolute atomic E-state index is 13.9. The second-order valence-electron chi connectivity index (χ2n) is 19.9. The molecule has 4 aliphatic rings. The summed E-state index contributed by atoms with van der Waals surface area (Å²) < 4.78 is 76.5. The Hall–Kier alpha value is -4.58. The largest absolute Gasteiger partial charge is 0.460 e. The van der Waals surface area contributed by atoms with E-state index in [2.05, 4.69) is 17.2 Å². The molecule has 0 bridgehead atoms. The van der Waals surface area contributed by atoms with Gasteiger partial charge in [0.2, 0.25) is 5.91 Å². The van der Waals surface area contributed by atoms with Gasteiger partial charge in [0.15, 0.2) is 43.3 Å². The summed E-state index contributed by atoms with van der Waals surface area (Å²) in [5.74, 6) is -4.79. The molecule has 3 aliphatic heterocycles. The van der Waals surface area contributed by atoms with E-state index in [0.717, 1.165) is 18.4 Å². The number of hydrogen-bond donors (Lipinski definition) is 0. The number of allylic oxidation sites excluding steroid dienone is 1. The number of carbonyl (C=O) groups excluding carboxylic acids is 6. The molecule has 5 rings (SSSR count). The first kappa shape index (κ1) is 60.3. The molecule has 1 aromatic heterocycles. The van der Waals surface area contributed by atoms with E-state index in [9.17, 15) is 28.8 Å². The van der Waals surface area contributed by atoms with Gasteiger partial charge < -0.3 is 61.7 Å². The number of rotatable bonds is 22. The average Bonchev–Trinajstić information content (AvgIpc) is 3.79. The highest BCUT2D eigenvalue weighted by atomic mass is 16.8. The van der Waals surface area contributed by atoms with E-state index in [-0.39, 0.29) is 24.3 Å². The minimum absolute atomic E-state index is 0.0850. The van der Waals surface area contributed by atoms with Crippen molar-refractivity contribution >= 4 is 35.8 Å². The number of aromatic nitrogens is 3. The molecule has 3 fully saturated rings. The molecule has 4 heterocycles. The summed E-state index contributed by atoms with van der Waals surface area (Å²) in [4.78, 5) is 79.6. The Morgan fingerprint density at radius 1 is 0.608 bits per heavy atom. The van der Waals surface area contributed by atoms with Crippen LogP contribution in [0.3, 0.4) is 0 Å². The molecule has 418 valence electrons. The fourth-order valence-corrected chi connectivity index (χ4v) is 10.9. The molecule has 19 atom stereocenters. The van der Waals surface area contributed by atoms with Gasteiger partial charge in [0.05, 0.1) is 62.5 Å². The highest BCUT2D eigenvalue weighted by Crippen LogP contribution is 2.43. The first-order valence-corrected chi connectivity index (χ1v) is 26.3. The van der Waals surface area contributed by atoms with E-state index < -0.39 is 134 Å². The SMILES string of the molecule is CCCOCCn1cc(CO[C@@H]2O[C@H](CC)[C@@H](O[C@H]3O[C@H](CC)[C@@H](O[C@H]4O[C@H](C)[C@@H](N(C(C)=O)[C@H]5C=C(CC)[C@@H](C)[C@H](C)[C@H]5OC(C)=O)[C@H](C)[C@H]4OC(C)=O)[C@H](C)[C@H]3OC(C)=O)[C@H](OC(C)=O)[C@H]2OC(C)=O)nn1. The van der Waals surface area contributed by atoms with Gasteiger partial charge in [-0.15, -0.1) is 5.10 Å². The van der Waals surface area contributed by atoms with Crippen molar-refractivity contribution in [2.75, 3.05) is 13.2 Å². The molecular weight excluding hydrogens is 969 g/mol. The number of esters is 5. The number of hydrogen-bond acceptors (Lipinski definition) is 20. The summed E-state index contributed by atoms with van der Waals surface area (Å²) in [5, 5.41) is 8.33. The van der Waals surface area contributed by atoms with Crippen LogP contribution in [0, 0.1) is 23.7 Å². The van der Waals surface area contributed by atoms with E-state index in [4.69, 9.17) is 56.8 Å². The second-order valence-corrected chi connectivity index (χ2v) is 19.9. The van der Waals surface area contributed by atoms with Crippen LogP contribution in [0.15, 0.2) is 17.8 Å². The van der Waals surface area contributed by atoms with Crippen molar-refractivity contribution in [1.82, 2.24) is 19.9 Å². The summed E-state index contributed by atoms with van der Waals surface area (Å²) in [6.45, 7) is 26.5. The standard InChI is InChI=1S/C52H82N4O18/c1-16-21-63-22-20-55-24-38(53-54-55)25-64-50-49(70-36(15)62)48(69-35(14)61)47(41(19-4)71-50)74-52-46(68-34(13)60)29(8)44(40(18-3)72-52)73-51-45(67-33(12)59)28(7)42(30(9)65-51)56(31(10)57)39-23-37(17-2)26(5)27(6)43(39)66-32(11)58/h23-24,26-30,39-52H,16-22,25H2,1-15H3/t26-,27-,28-,29-,30+,39-,40+,41+,42-,43+,44-,45+,46+,47+,48-,49+,50+,51+,52+/m0/s1. The minimum atomic E-state index is -1.34. The van der Waals surface area contributed by atoms with Gasteiger partial charge in [0.1, 0.15) is 17.9 Å². The zero-order valence-corrected chi connectivity index (χ0v) is 45.9. The van der Waals surface area contributed by atoms with Gasteiger partial charge in [0.25, 0.3) is 0 Å². The van der Waals surface area contributed by atoms with Gasteiger partial charge >= 0.3 is 29.8 Å². The first-order chi connectivity index (χ1) is 35.0. The van der Waals surface area contributed by atoms with Crippen LogP contribution in [0.25, 0.3) is 0 Å². The van der Waals surface area contributed by atoms with Crippen LogP contribution in [-0.4, -0.2) is 161 Å². The van der Waals surface area contributed by atoms with Crippen molar-refractivity contribution in [2.45, 2.75) is 235 Å². The van der Waals surface area contributed by atoms with Crippen LogP contribution in [0.4, 0.5) is 0 Å². The summed E-state index contributed by atoms with van der Waals surface area (Å²) >= 11 is 0. The fourth-order valence-electron chi connectivity index (χ4n) is 10.9. The fraction of sp³-hybridized carbons (Fsp3) is 0.808. The number of nitrogens with zero attached hydrogens (tertiary/aromatic N) is 4. The van der Waals surface area contributed by atoms with Gasteiger partial charge in [-0.2, -0.15) is 0 Å². The molecule has 22 heteroatoms. The van der Waals surface area contributed by atoms with E-state index in [1.165, 1.54) is 41.5 Å². The van der Waals surface area contributed by atoms with E-state index in [1.807, 2.05) is 54.5 Å². The summed E-state index contributed by atoms with van der Waals surface area (Å²) in [5.41, 5.74) is 1.58. The van der Waals surface area contributed by atoms with E-state index in [0.29, 0.717) is 38.3 Å². The molecule has 0 unspecified atom stereocenters. The summed E-state index contributed by atoms with van der Waals surface area (Å²) in [6.07, 6.45) is -7.74. The Balaban J connectivity index is 1.43. The van der Waals surface area contributed by atoms with Crippen molar-refractivity contribution in [3.05, 3.63) is 23.5 Å². The van der Waals surface area contributed by atoms with Crippen LogP contribution in [0.2, 0.25) is 0 Å². The molecule has 22 nitrogen and oxygen atoms in total. The molecule has 0 saturated carbocycles. The molecule has 0 spiro atoms. The third-order valence-electron chi connectivity index (χ3n) is 14.4. The Morgan fingerprint density at radius 3 is 1.70 bits per heavy atom. The normalized spacial score (nSPS) is 35.2. The van der Waals surface area contributed by atoms with Crippen LogP contribution < -0.4 is 0 Å². The lowest BCUT2D eigenvalue weighted by atomic mass is 9.74. The Morgan fingerprint density at radius 2 is 1.14 bits per heavy atom. The van der Waals surface area contributed by atoms with Gasteiger partial charge in [0, 0.05) is 65.9 Å². The lowest BCUT2D eigenvalue weighted by molar-refractivity contribution is -0.368. The molecule has 0 N–H and O–H groups in total. The molecular formula is C52H82N4O18. The zero-order valence-electron chi connectivity index (χ0n) is 45.9. The lowest BCUT2D eigenvalue weighted by Crippen LogP contribution is -2.67. The third kappa shape index (κ3) is 14.9. The average molecular weight is 1050 g/mol. The highest BCUT2D eigenvalue weighted by molar-refractivity contribution is 5.75. The molecule has 1 amide bonds. The van der Waals surface area contributed by atoms with Crippen molar-refractivity contribution < 1.29 is 85.6 Å². The van der Waals surface area contributed by atoms with Crippen LogP contribution in [0.5, 0.6) is 0 Å². The van der Waals surface area contributed by atoms with Crippen molar-refractivity contribution in [3.8, 4) is 0 Å². The molecule has 74 heavy (non-hydrogen) atoms. The molecule has 1 aliphatic carbocycles. The Kier molecular flexibility index (Phi) is 22.4. The van der Waals surface area contributed by atoms with Gasteiger partial charge in [-0.3, -0.25) is 28.8 Å². The van der Waals surface area contributed by atoms with Gasteiger partial charge in [-0.05, 0) is 38.5 Å². The molecule has 3 saturated heterocycles. The second kappa shape index (κ2) is 27.5. The number of carbonyl (C=O) groups is 6. The monoisotopic (exact) mass is 1050 g/mol. The minimum Gasteiger partial charge on any atom is -0.460 e. The van der Waals surface area contributed by atoms with Gasteiger partial charge in [-0.25, -0.2) is 4.68 Å². The number of ether oxygens (including phenoxy) is 12. The topological polar surface area (TPSA) is 247 Å². The van der Waals surface area contributed by atoms with Crippen LogP contribution in [0.1, 0.15) is 135 Å². The van der Waals surface area contributed by atoms with Crippen molar-refractivity contribution in [1.29, 1.82) is 0 Å². The van der Waals surface area contributed by atoms with Crippen molar-refractivity contribution in [3.63, 3.8) is 0 Å². The number of amides is 1. The highest BCUT2D eigenvalue weighted by Gasteiger charge is 2.57. The Labute approximate surface area is 435 Å². The first-order valence-electron chi connectivity index (χ1n) is 26.3. The van der Waals surface area contributed by atoms with Crippen LogP contribution in [-0.2, 0) is 98.8 Å². The third-order valence-corrected chi connectivity index (χ3v) is 14.4.